The molecule has 0 aromatic heterocycles. The fourth-order valence-electron chi connectivity index (χ4n) is 3.38. The Morgan fingerprint density at radius 2 is 1.42 bits per heavy atom. The van der Waals surface area contributed by atoms with Gasteiger partial charge >= 0.3 is 0 Å². The summed E-state index contributed by atoms with van der Waals surface area (Å²) in [7, 11) is 2.26. The van der Waals surface area contributed by atoms with Crippen LogP contribution in [0.25, 0.3) is 0 Å². The predicted molar refractivity (Wildman–Crippen MR) is 113 cm³/mol. The van der Waals surface area contributed by atoms with E-state index >= 15 is 0 Å². The third-order valence-electron chi connectivity index (χ3n) is 5.26. The van der Waals surface area contributed by atoms with Crippen molar-refractivity contribution in [2.24, 2.45) is 0 Å². The van der Waals surface area contributed by atoms with E-state index < -0.39 is 0 Å². The highest BCUT2D eigenvalue weighted by molar-refractivity contribution is 6.20. The molecule has 0 radical (unpaired) electrons. The van der Waals surface area contributed by atoms with Crippen molar-refractivity contribution in [3.8, 4) is 0 Å². The molecule has 0 aromatic rings. The van der Waals surface area contributed by atoms with Crippen molar-refractivity contribution in [1.29, 1.82) is 0 Å². The average Bonchev–Trinajstić information content (AvgIpc) is 2.57. The number of aliphatic hydroxyl groups is 1. The maximum atomic E-state index is 9.55. The number of halogens is 2. The van der Waals surface area contributed by atoms with Crippen LogP contribution in [0.3, 0.4) is 0 Å². The first-order chi connectivity index (χ1) is 11.9. The lowest BCUT2D eigenvalue weighted by Crippen LogP contribution is -3.00. The Kier molecular flexibility index (Phi) is 20.3. The van der Waals surface area contributed by atoms with Crippen LogP contribution in [0.2, 0.25) is 0 Å². The predicted octanol–water partition coefficient (Wildman–Crippen LogP) is 3.31. The van der Waals surface area contributed by atoms with E-state index in [1.54, 1.807) is 0 Å². The maximum absolute atomic E-state index is 9.55. The summed E-state index contributed by atoms with van der Waals surface area (Å²) in [5.41, 5.74) is 0. The molecule has 0 saturated heterocycles. The number of likely N-dealkylation sites (N-methyl/N-ethyl adjacent to an activating group) is 1. The van der Waals surface area contributed by atoms with Gasteiger partial charge in [-0.1, -0.05) is 71.3 Å². The van der Waals surface area contributed by atoms with E-state index in [-0.39, 0.29) is 18.5 Å². The first kappa shape index (κ1) is 28.4. The van der Waals surface area contributed by atoms with E-state index in [0.29, 0.717) is 5.38 Å². The molecule has 3 unspecified atom stereocenters. The minimum Gasteiger partial charge on any atom is -1.00 e. The summed E-state index contributed by atoms with van der Waals surface area (Å²) in [6, 6.07) is 0. The van der Waals surface area contributed by atoms with Crippen molar-refractivity contribution in [3.05, 3.63) is 12.7 Å². The fraction of sp³-hybridized carbons (Fsp3) is 0.909. The van der Waals surface area contributed by atoms with Crippen LogP contribution >= 0.6 is 11.6 Å². The monoisotopic (exact) mass is 409 g/mol. The second-order valence-electron chi connectivity index (χ2n) is 8.18. The van der Waals surface area contributed by atoms with Gasteiger partial charge in [0.25, 0.3) is 0 Å². The lowest BCUT2D eigenvalue weighted by Gasteiger charge is -2.34. The van der Waals surface area contributed by atoms with Crippen LogP contribution < -0.4 is 12.4 Å². The molecule has 0 fully saturated rings. The number of hydrogen-bond acceptors (Lipinski definition) is 1. The van der Waals surface area contributed by atoms with Crippen molar-refractivity contribution < 1.29 is 22.0 Å². The van der Waals surface area contributed by atoms with Crippen LogP contribution in [0, 0.1) is 0 Å². The van der Waals surface area contributed by atoms with Gasteiger partial charge in [-0.2, -0.15) is 0 Å². The number of quaternary nitrogens is 1. The Morgan fingerprint density at radius 3 is 1.92 bits per heavy atom. The number of alkyl halides is 1. The first-order valence-corrected chi connectivity index (χ1v) is 11.1. The normalized spacial score (nSPS) is 15.7. The minimum absolute atomic E-state index is 0. The van der Waals surface area contributed by atoms with Gasteiger partial charge in [-0.15, -0.1) is 11.6 Å². The molecule has 0 heterocycles. The van der Waals surface area contributed by atoms with Crippen LogP contribution in [-0.2, 0) is 0 Å². The zero-order chi connectivity index (χ0) is 19.0. The quantitative estimate of drug-likeness (QED) is 0.159. The first-order valence-electron chi connectivity index (χ1n) is 10.7. The molecule has 0 aliphatic heterocycles. The van der Waals surface area contributed by atoms with E-state index in [0.717, 1.165) is 43.4 Å². The van der Waals surface area contributed by atoms with Gasteiger partial charge in [-0.3, -0.25) is 0 Å². The van der Waals surface area contributed by atoms with Gasteiger partial charge in [0.2, 0.25) is 0 Å². The van der Waals surface area contributed by atoms with E-state index in [4.69, 9.17) is 11.6 Å². The topological polar surface area (TPSA) is 20.2 Å². The molecule has 0 aliphatic rings. The highest BCUT2D eigenvalue weighted by atomic mass is 35.5. The minimum atomic E-state index is -0.226. The maximum Gasteiger partial charge on any atom is 0.0969 e. The molecule has 0 aromatic carbocycles. The van der Waals surface area contributed by atoms with Crippen molar-refractivity contribution in [3.63, 3.8) is 0 Å². The summed E-state index contributed by atoms with van der Waals surface area (Å²) in [5, 5.41) is 9.84. The lowest BCUT2D eigenvalue weighted by molar-refractivity contribution is -0.904. The molecule has 158 valence electrons. The van der Waals surface area contributed by atoms with Crippen LogP contribution in [0.5, 0.6) is 0 Å². The Labute approximate surface area is 175 Å². The van der Waals surface area contributed by atoms with E-state index in [9.17, 15) is 5.11 Å². The average molecular weight is 411 g/mol. The zero-order valence-corrected chi connectivity index (χ0v) is 19.2. The Balaban J connectivity index is 0. The SMILES string of the molecule is C=CC[N+](C)(CCC(C)O)CCC(Cl)CCCCCCCCCCC.[Cl-]. The number of rotatable bonds is 18. The number of nitrogens with zero attached hydrogens (tertiary/aromatic N) is 1. The van der Waals surface area contributed by atoms with Crippen molar-refractivity contribution in [1.82, 2.24) is 0 Å². The van der Waals surface area contributed by atoms with Crippen LogP contribution in [0.4, 0.5) is 0 Å². The molecule has 2 nitrogen and oxygen atoms in total. The molecule has 0 saturated carbocycles. The van der Waals surface area contributed by atoms with Crippen LogP contribution in [0.15, 0.2) is 12.7 Å². The van der Waals surface area contributed by atoms with Crippen molar-refractivity contribution >= 4 is 11.6 Å². The summed E-state index contributed by atoms with van der Waals surface area (Å²) in [5.74, 6) is 0. The van der Waals surface area contributed by atoms with E-state index in [2.05, 4.69) is 20.6 Å². The molecule has 0 amide bonds. The van der Waals surface area contributed by atoms with Crippen molar-refractivity contribution in [2.45, 2.75) is 102 Å². The van der Waals surface area contributed by atoms with Gasteiger partial charge in [0.05, 0.1) is 32.8 Å². The number of aliphatic hydroxyl groups excluding tert-OH is 1. The largest absolute Gasteiger partial charge is 1.00 e. The molecule has 1 N–H and O–H groups in total. The molecule has 3 atom stereocenters. The molecule has 4 heteroatoms. The van der Waals surface area contributed by atoms with Gasteiger partial charge < -0.3 is 22.0 Å². The molecule has 0 rings (SSSR count). The van der Waals surface area contributed by atoms with E-state index in [1.807, 2.05) is 13.0 Å². The van der Waals surface area contributed by atoms with Crippen LogP contribution in [0.1, 0.15) is 90.9 Å². The third kappa shape index (κ3) is 17.6. The smallest absolute Gasteiger partial charge is 0.0969 e. The highest BCUT2D eigenvalue weighted by Gasteiger charge is 2.22. The number of hydrogen-bond donors (Lipinski definition) is 1. The summed E-state index contributed by atoms with van der Waals surface area (Å²) in [6.45, 7) is 11.0. The van der Waals surface area contributed by atoms with Gasteiger partial charge in [-0.05, 0) is 19.4 Å². The number of unbranched alkanes of at least 4 members (excludes halogenated alkanes) is 8. The second-order valence-corrected chi connectivity index (χ2v) is 8.80. The van der Waals surface area contributed by atoms with Gasteiger partial charge in [0.15, 0.2) is 0 Å². The summed E-state index contributed by atoms with van der Waals surface area (Å²) in [4.78, 5) is 0. The second kappa shape index (κ2) is 18.6. The summed E-state index contributed by atoms with van der Waals surface area (Å²) >= 11 is 6.56. The lowest BCUT2D eigenvalue weighted by atomic mass is 10.0. The van der Waals surface area contributed by atoms with E-state index in [1.165, 1.54) is 57.8 Å². The Morgan fingerprint density at radius 1 is 0.923 bits per heavy atom. The Bertz CT molecular complexity index is 313. The summed E-state index contributed by atoms with van der Waals surface area (Å²) in [6.07, 6.45) is 17.1. The molecule has 26 heavy (non-hydrogen) atoms. The molecular weight excluding hydrogens is 365 g/mol. The highest BCUT2D eigenvalue weighted by Crippen LogP contribution is 2.18. The summed E-state index contributed by atoms with van der Waals surface area (Å²) < 4.78 is 0.940. The third-order valence-corrected chi connectivity index (χ3v) is 5.70. The van der Waals surface area contributed by atoms with Crippen molar-refractivity contribution in [2.75, 3.05) is 26.7 Å². The molecule has 0 bridgehead atoms. The van der Waals surface area contributed by atoms with Gasteiger partial charge in [-0.25, -0.2) is 0 Å². The van der Waals surface area contributed by atoms with Gasteiger partial charge in [0, 0.05) is 18.2 Å². The Hall–Kier alpha value is 0.240. The molecule has 0 spiro atoms. The molecule has 0 aliphatic carbocycles. The van der Waals surface area contributed by atoms with Gasteiger partial charge in [0.1, 0.15) is 0 Å². The van der Waals surface area contributed by atoms with Crippen LogP contribution in [-0.4, -0.2) is 47.8 Å². The molecular formula is C22H45Cl2NO. The standard InChI is InChI=1S/C22H45ClNO.ClH/c1-5-7-8-9-10-11-12-13-14-15-22(23)17-20-24(4,18-6-2)19-16-21(3)25;/h6,21-22,25H,2,5,7-20H2,1,3-4H3;1H/q+1;/p-1. The zero-order valence-electron chi connectivity index (χ0n) is 17.7. The fourth-order valence-corrected chi connectivity index (χ4v) is 3.63.